The van der Waals surface area contributed by atoms with Crippen LogP contribution in [0.15, 0.2) is 48.7 Å². The predicted molar refractivity (Wildman–Crippen MR) is 142 cm³/mol. The number of nitrogens with one attached hydrogen (secondary N) is 2. The number of alkyl halides is 3. The molecule has 11 heteroatoms. The van der Waals surface area contributed by atoms with Gasteiger partial charge in [-0.15, -0.1) is 0 Å². The molecule has 1 amide bonds. The van der Waals surface area contributed by atoms with Gasteiger partial charge in [-0.05, 0) is 29.8 Å². The number of ether oxygens (including phenoxy) is 2. The first-order valence-electron chi connectivity index (χ1n) is 12.5. The number of methoxy groups -OCH3 is 1. The first-order chi connectivity index (χ1) is 18.7. The molecule has 0 radical (unpaired) electrons. The normalized spacial score (nSPS) is 15.7. The van der Waals surface area contributed by atoms with Crippen molar-refractivity contribution in [2.75, 3.05) is 50.7 Å². The summed E-state index contributed by atoms with van der Waals surface area (Å²) in [6.07, 6.45) is -3.86. The minimum atomic E-state index is -4.67. The zero-order valence-electron chi connectivity index (χ0n) is 21.4. The lowest BCUT2D eigenvalue weighted by Crippen LogP contribution is -2.36. The zero-order valence-corrected chi connectivity index (χ0v) is 21.4. The van der Waals surface area contributed by atoms with Crippen molar-refractivity contribution in [3.8, 4) is 17.0 Å². The Hall–Kier alpha value is -4.25. The van der Waals surface area contributed by atoms with Crippen LogP contribution in [0, 0.1) is 0 Å². The third kappa shape index (κ3) is 4.42. The van der Waals surface area contributed by atoms with Crippen LogP contribution >= 0.6 is 0 Å². The average Bonchev–Trinajstić information content (AvgIpc) is 3.49. The molecule has 6 rings (SSSR count). The van der Waals surface area contributed by atoms with Crippen LogP contribution in [-0.2, 0) is 17.5 Å². The van der Waals surface area contributed by atoms with Gasteiger partial charge in [0.1, 0.15) is 11.4 Å². The van der Waals surface area contributed by atoms with Gasteiger partial charge in [0.05, 0.1) is 48.5 Å². The summed E-state index contributed by atoms with van der Waals surface area (Å²) in [5.74, 6) is 0.331. The summed E-state index contributed by atoms with van der Waals surface area (Å²) in [6, 6.07) is 12.5. The number of morpholine rings is 1. The number of carbonyl (C=O) groups excluding carboxylic acids is 1. The van der Waals surface area contributed by atoms with E-state index < -0.39 is 11.7 Å². The second kappa shape index (κ2) is 9.49. The minimum absolute atomic E-state index is 0.172. The third-order valence-corrected chi connectivity index (χ3v) is 7.19. The summed E-state index contributed by atoms with van der Waals surface area (Å²) < 4.78 is 53.6. The molecule has 202 valence electrons. The first kappa shape index (κ1) is 25.1. The van der Waals surface area contributed by atoms with Crippen molar-refractivity contribution in [1.82, 2.24) is 14.9 Å². The maximum Gasteiger partial charge on any atom is 0.419 e. The summed E-state index contributed by atoms with van der Waals surface area (Å²) in [4.78, 5) is 23.7. The number of fused-ring (bicyclic) bond motifs is 2. The van der Waals surface area contributed by atoms with E-state index in [-0.39, 0.29) is 22.6 Å². The second-order valence-electron chi connectivity index (χ2n) is 9.60. The van der Waals surface area contributed by atoms with Crippen molar-refractivity contribution in [3.63, 3.8) is 0 Å². The molecule has 0 unspecified atom stereocenters. The van der Waals surface area contributed by atoms with Crippen LogP contribution in [0.3, 0.4) is 0 Å². The van der Waals surface area contributed by atoms with E-state index in [9.17, 15) is 18.0 Å². The molecule has 1 saturated heterocycles. The number of hydrogen-bond donors (Lipinski definition) is 2. The Morgan fingerprint density at radius 1 is 1.13 bits per heavy atom. The van der Waals surface area contributed by atoms with Crippen molar-refractivity contribution in [3.05, 3.63) is 65.4 Å². The Balaban J connectivity index is 1.45. The highest BCUT2D eigenvalue weighted by molar-refractivity contribution is 6.05. The Bertz CT molecular complexity index is 1580. The number of halogens is 3. The van der Waals surface area contributed by atoms with Crippen molar-refractivity contribution in [1.29, 1.82) is 0 Å². The van der Waals surface area contributed by atoms with E-state index in [2.05, 4.69) is 20.2 Å². The van der Waals surface area contributed by atoms with Crippen LogP contribution in [0.2, 0.25) is 0 Å². The van der Waals surface area contributed by atoms with E-state index in [0.29, 0.717) is 48.0 Å². The van der Waals surface area contributed by atoms with E-state index >= 15 is 0 Å². The highest BCUT2D eigenvalue weighted by Gasteiger charge is 2.36. The number of nitrogens with zero attached hydrogens (tertiary/aromatic N) is 3. The van der Waals surface area contributed by atoms with Gasteiger partial charge in [-0.3, -0.25) is 4.79 Å². The van der Waals surface area contributed by atoms with Gasteiger partial charge in [0.2, 0.25) is 0 Å². The number of amides is 1. The smallest absolute Gasteiger partial charge is 0.419 e. The summed E-state index contributed by atoms with van der Waals surface area (Å²) in [7, 11) is 3.22. The number of benzene rings is 2. The molecule has 4 heterocycles. The fraction of sp³-hybridized carbons (Fsp3) is 0.286. The quantitative estimate of drug-likeness (QED) is 0.354. The molecule has 0 atom stereocenters. The van der Waals surface area contributed by atoms with Crippen molar-refractivity contribution in [2.45, 2.75) is 12.7 Å². The standard InChI is InChI=1S/C28H26F3N5O3/c1-35-15-16-4-3-5-21(24(16)27(35)37)33-25-19-13-22(34-26(19)32-14-20(25)28(29,30)31)18-7-6-17(12-23(18)38-2)36-8-10-39-11-9-36/h3-7,12-14H,8-11,15H2,1-2H3,(H2,32,33,34). The predicted octanol–water partition coefficient (Wildman–Crippen LogP) is 5.42. The summed E-state index contributed by atoms with van der Waals surface area (Å²) in [6.45, 7) is 3.20. The SMILES string of the molecule is COc1cc(N2CCOCC2)ccc1-c1cc2c(Nc3cccc4c3C(=O)N(C)C4)c(C(F)(F)F)cnc2[nH]1. The topological polar surface area (TPSA) is 82.7 Å². The van der Waals surface area contributed by atoms with E-state index in [4.69, 9.17) is 9.47 Å². The van der Waals surface area contributed by atoms with Gasteiger partial charge in [0.15, 0.2) is 0 Å². The molecule has 0 aliphatic carbocycles. The van der Waals surface area contributed by atoms with E-state index in [1.165, 1.54) is 4.90 Å². The second-order valence-corrected chi connectivity index (χ2v) is 9.60. The highest BCUT2D eigenvalue weighted by Crippen LogP contribution is 2.43. The highest BCUT2D eigenvalue weighted by atomic mass is 19.4. The maximum absolute atomic E-state index is 14.2. The monoisotopic (exact) mass is 537 g/mol. The molecule has 2 aliphatic rings. The molecule has 4 aromatic rings. The molecule has 0 saturated carbocycles. The molecular formula is C28H26F3N5O3. The van der Waals surface area contributed by atoms with E-state index in [1.54, 1.807) is 38.4 Å². The number of hydrogen-bond acceptors (Lipinski definition) is 6. The van der Waals surface area contributed by atoms with Crippen molar-refractivity contribution in [2.24, 2.45) is 0 Å². The van der Waals surface area contributed by atoms with Crippen LogP contribution < -0.4 is 15.0 Å². The summed E-state index contributed by atoms with van der Waals surface area (Å²) in [5, 5.41) is 3.19. The van der Waals surface area contributed by atoms with Crippen molar-refractivity contribution < 1.29 is 27.4 Å². The Morgan fingerprint density at radius 2 is 1.92 bits per heavy atom. The Labute approximate surface area is 222 Å². The molecule has 39 heavy (non-hydrogen) atoms. The number of anilines is 3. The fourth-order valence-corrected chi connectivity index (χ4v) is 5.23. The largest absolute Gasteiger partial charge is 0.496 e. The lowest BCUT2D eigenvalue weighted by molar-refractivity contribution is -0.137. The fourth-order valence-electron chi connectivity index (χ4n) is 5.23. The Kier molecular flexibility index (Phi) is 6.10. The number of H-pyrrole nitrogens is 1. The summed E-state index contributed by atoms with van der Waals surface area (Å²) in [5.41, 5.74) is 2.83. The number of carbonyl (C=O) groups is 1. The maximum atomic E-state index is 14.2. The molecule has 2 aromatic carbocycles. The zero-order chi connectivity index (χ0) is 27.3. The number of aromatic nitrogens is 2. The van der Waals surface area contributed by atoms with Crippen LogP contribution in [0.1, 0.15) is 21.5 Å². The van der Waals surface area contributed by atoms with Crippen LogP contribution in [0.5, 0.6) is 5.75 Å². The van der Waals surface area contributed by atoms with Gasteiger partial charge in [0.25, 0.3) is 5.91 Å². The van der Waals surface area contributed by atoms with Gasteiger partial charge in [0, 0.05) is 55.6 Å². The van der Waals surface area contributed by atoms with Crippen LogP contribution in [0.4, 0.5) is 30.2 Å². The molecule has 0 bridgehead atoms. The van der Waals surface area contributed by atoms with Gasteiger partial charge in [-0.1, -0.05) is 12.1 Å². The molecule has 0 spiro atoms. The van der Waals surface area contributed by atoms with Crippen LogP contribution in [0.25, 0.3) is 22.3 Å². The molecule has 1 fully saturated rings. The van der Waals surface area contributed by atoms with Crippen LogP contribution in [-0.4, -0.2) is 61.2 Å². The van der Waals surface area contributed by atoms with Crippen molar-refractivity contribution >= 4 is 34.0 Å². The van der Waals surface area contributed by atoms with E-state index in [0.717, 1.165) is 30.5 Å². The first-order valence-corrected chi connectivity index (χ1v) is 12.5. The lowest BCUT2D eigenvalue weighted by atomic mass is 10.1. The van der Waals surface area contributed by atoms with Gasteiger partial charge in [-0.2, -0.15) is 13.2 Å². The summed E-state index contributed by atoms with van der Waals surface area (Å²) >= 11 is 0. The van der Waals surface area contributed by atoms with E-state index in [1.807, 2.05) is 18.2 Å². The molecule has 2 aromatic heterocycles. The molecule has 2 aliphatic heterocycles. The number of rotatable bonds is 5. The van der Waals surface area contributed by atoms with Gasteiger partial charge >= 0.3 is 6.18 Å². The lowest BCUT2D eigenvalue weighted by Gasteiger charge is -2.29. The third-order valence-electron chi connectivity index (χ3n) is 7.19. The number of aromatic amines is 1. The van der Waals surface area contributed by atoms with Gasteiger partial charge < -0.3 is 29.6 Å². The van der Waals surface area contributed by atoms with Gasteiger partial charge in [-0.25, -0.2) is 4.98 Å². The molecule has 2 N–H and O–H groups in total. The molecular weight excluding hydrogens is 511 g/mol. The Morgan fingerprint density at radius 3 is 2.67 bits per heavy atom. The number of pyridine rings is 1. The molecule has 8 nitrogen and oxygen atoms in total. The minimum Gasteiger partial charge on any atom is -0.496 e. The average molecular weight is 538 g/mol.